The first kappa shape index (κ1) is 19.2. The Morgan fingerprint density at radius 2 is 1.79 bits per heavy atom. The molecule has 4 rings (SSSR count). The molecule has 0 atom stereocenters. The van der Waals surface area contributed by atoms with Crippen LogP contribution in [-0.2, 0) is 10.0 Å². The lowest BCUT2D eigenvalue weighted by molar-refractivity contribution is 0.412. The number of nitrogens with zero attached hydrogens (tertiary/aromatic N) is 2. The Bertz CT molecular complexity index is 1130. The van der Waals surface area contributed by atoms with Crippen LogP contribution < -0.4 is 9.64 Å². The van der Waals surface area contributed by atoms with Crippen molar-refractivity contribution in [1.82, 2.24) is 3.97 Å². The van der Waals surface area contributed by atoms with Crippen LogP contribution in [0.15, 0.2) is 47.5 Å². The fraction of sp³-hybridized carbons (Fsp3) is 0.333. The van der Waals surface area contributed by atoms with E-state index in [1.165, 1.54) is 10.4 Å². The minimum absolute atomic E-state index is 0.241. The lowest BCUT2D eigenvalue weighted by Crippen LogP contribution is -2.30. The number of aryl methyl sites for hydroxylation is 1. The maximum absolute atomic E-state index is 13.5. The molecule has 0 spiro atoms. The van der Waals surface area contributed by atoms with Gasteiger partial charge in [-0.2, -0.15) is 0 Å². The fourth-order valence-electron chi connectivity index (χ4n) is 3.86. The summed E-state index contributed by atoms with van der Waals surface area (Å²) in [6.45, 7) is 3.71. The Labute approximate surface area is 170 Å². The van der Waals surface area contributed by atoms with Crippen LogP contribution in [0.4, 0.5) is 5.69 Å². The lowest BCUT2D eigenvalue weighted by Gasteiger charge is -2.30. The van der Waals surface area contributed by atoms with Crippen LogP contribution in [0.5, 0.6) is 5.75 Å². The SMILES string of the molecule is COc1ccc(S(=O)(=O)n2cc(C)c3ccc(Cl)cc32)cc1N1CCCCC1. The molecule has 1 saturated heterocycles. The van der Waals surface area contributed by atoms with E-state index in [9.17, 15) is 8.42 Å². The largest absolute Gasteiger partial charge is 0.495 e. The number of hydrogen-bond donors (Lipinski definition) is 0. The monoisotopic (exact) mass is 418 g/mol. The molecule has 28 heavy (non-hydrogen) atoms. The molecule has 1 aromatic heterocycles. The second-order valence-corrected chi connectivity index (χ2v) is 9.41. The molecule has 1 aliphatic heterocycles. The highest BCUT2D eigenvalue weighted by molar-refractivity contribution is 7.90. The van der Waals surface area contributed by atoms with Gasteiger partial charge in [0.25, 0.3) is 10.0 Å². The van der Waals surface area contributed by atoms with Crippen molar-refractivity contribution in [3.8, 4) is 5.75 Å². The second kappa shape index (κ2) is 7.33. The standard InChI is InChI=1S/C21H23ClN2O3S/c1-15-14-24(19-12-16(22)6-8-18(15)19)28(25,26)17-7-9-21(27-2)20(13-17)23-10-4-3-5-11-23/h6-9,12-14H,3-5,10-11H2,1-2H3. The number of rotatable bonds is 4. The highest BCUT2D eigenvalue weighted by Gasteiger charge is 2.24. The van der Waals surface area contributed by atoms with E-state index in [4.69, 9.17) is 16.3 Å². The summed E-state index contributed by atoms with van der Waals surface area (Å²) in [6.07, 6.45) is 5.05. The number of methoxy groups -OCH3 is 1. The van der Waals surface area contributed by atoms with Gasteiger partial charge in [-0.25, -0.2) is 12.4 Å². The molecule has 1 fully saturated rings. The van der Waals surface area contributed by atoms with Gasteiger partial charge in [-0.3, -0.25) is 0 Å². The lowest BCUT2D eigenvalue weighted by atomic mass is 10.1. The van der Waals surface area contributed by atoms with Crippen molar-refractivity contribution in [3.05, 3.63) is 53.2 Å². The van der Waals surface area contributed by atoms with Crippen molar-refractivity contribution < 1.29 is 13.2 Å². The Kier molecular flexibility index (Phi) is 5.02. The molecule has 7 heteroatoms. The van der Waals surface area contributed by atoms with Gasteiger partial charge in [0.2, 0.25) is 0 Å². The Morgan fingerprint density at radius 3 is 2.50 bits per heavy atom. The van der Waals surface area contributed by atoms with E-state index >= 15 is 0 Å². The predicted molar refractivity (Wildman–Crippen MR) is 113 cm³/mol. The van der Waals surface area contributed by atoms with Crippen molar-refractivity contribution in [3.63, 3.8) is 0 Å². The first-order chi connectivity index (χ1) is 13.4. The molecule has 0 N–H and O–H groups in total. The number of halogens is 1. The molecular weight excluding hydrogens is 396 g/mol. The second-order valence-electron chi connectivity index (χ2n) is 7.16. The quantitative estimate of drug-likeness (QED) is 0.608. The summed E-state index contributed by atoms with van der Waals surface area (Å²) in [5.74, 6) is 0.692. The maximum atomic E-state index is 13.5. The van der Waals surface area contributed by atoms with E-state index < -0.39 is 10.0 Å². The number of hydrogen-bond acceptors (Lipinski definition) is 4. The molecule has 0 unspecified atom stereocenters. The normalized spacial score (nSPS) is 15.2. The van der Waals surface area contributed by atoms with E-state index in [0.717, 1.165) is 42.6 Å². The van der Waals surface area contributed by atoms with Gasteiger partial charge in [0, 0.05) is 29.7 Å². The van der Waals surface area contributed by atoms with Crippen molar-refractivity contribution in [2.45, 2.75) is 31.1 Å². The van der Waals surface area contributed by atoms with E-state index in [2.05, 4.69) is 4.90 Å². The summed E-state index contributed by atoms with van der Waals surface area (Å²) in [5, 5.41) is 1.38. The van der Waals surface area contributed by atoms with Crippen molar-refractivity contribution in [2.75, 3.05) is 25.1 Å². The molecule has 3 aromatic rings. The topological polar surface area (TPSA) is 51.5 Å². The van der Waals surface area contributed by atoms with Crippen LogP contribution in [0.2, 0.25) is 5.02 Å². The maximum Gasteiger partial charge on any atom is 0.268 e. The average Bonchev–Trinajstić information content (AvgIpc) is 3.04. The molecular formula is C21H23ClN2O3S. The van der Waals surface area contributed by atoms with Crippen molar-refractivity contribution in [1.29, 1.82) is 0 Å². The van der Waals surface area contributed by atoms with Gasteiger partial charge >= 0.3 is 0 Å². The van der Waals surface area contributed by atoms with Gasteiger partial charge in [0.05, 0.1) is 23.2 Å². The highest BCUT2D eigenvalue weighted by Crippen LogP contribution is 2.35. The molecule has 0 aliphatic carbocycles. The smallest absolute Gasteiger partial charge is 0.268 e. The zero-order chi connectivity index (χ0) is 19.9. The third-order valence-corrected chi connectivity index (χ3v) is 7.24. The Hall–Kier alpha value is -2.18. The summed E-state index contributed by atoms with van der Waals surface area (Å²) in [6, 6.07) is 10.4. The average molecular weight is 419 g/mol. The molecule has 2 aromatic carbocycles. The van der Waals surface area contributed by atoms with Crippen molar-refractivity contribution in [2.24, 2.45) is 0 Å². The van der Waals surface area contributed by atoms with E-state index in [1.807, 2.05) is 13.0 Å². The summed E-state index contributed by atoms with van der Waals surface area (Å²) in [4.78, 5) is 2.45. The van der Waals surface area contributed by atoms with Gasteiger partial charge < -0.3 is 9.64 Å². The van der Waals surface area contributed by atoms with Crippen LogP contribution in [0, 0.1) is 6.92 Å². The number of benzene rings is 2. The summed E-state index contributed by atoms with van der Waals surface area (Å²) in [5.41, 5.74) is 2.30. The van der Waals surface area contributed by atoms with Gasteiger partial charge in [-0.05, 0) is 62.1 Å². The molecule has 148 valence electrons. The first-order valence-electron chi connectivity index (χ1n) is 9.37. The van der Waals surface area contributed by atoms with Crippen LogP contribution in [0.3, 0.4) is 0 Å². The number of piperidine rings is 1. The van der Waals surface area contributed by atoms with Crippen LogP contribution in [-0.4, -0.2) is 32.6 Å². The summed E-state index contributed by atoms with van der Waals surface area (Å²) in [7, 11) is -2.16. The highest BCUT2D eigenvalue weighted by atomic mass is 35.5. The molecule has 1 aliphatic rings. The van der Waals surface area contributed by atoms with Crippen LogP contribution in [0.25, 0.3) is 10.9 Å². The molecule has 0 radical (unpaired) electrons. The summed E-state index contributed by atoms with van der Waals surface area (Å²) < 4.78 is 33.8. The number of fused-ring (bicyclic) bond motifs is 1. The zero-order valence-corrected chi connectivity index (χ0v) is 17.6. The van der Waals surface area contributed by atoms with E-state index in [1.54, 1.807) is 43.6 Å². The minimum Gasteiger partial charge on any atom is -0.495 e. The summed E-state index contributed by atoms with van der Waals surface area (Å²) >= 11 is 6.13. The zero-order valence-electron chi connectivity index (χ0n) is 16.0. The Balaban J connectivity index is 1.85. The first-order valence-corrected chi connectivity index (χ1v) is 11.2. The molecule has 2 heterocycles. The third kappa shape index (κ3) is 3.25. The van der Waals surface area contributed by atoms with Gasteiger partial charge in [0.15, 0.2) is 0 Å². The molecule has 5 nitrogen and oxygen atoms in total. The number of aromatic nitrogens is 1. The molecule has 0 saturated carbocycles. The van der Waals surface area contributed by atoms with Crippen LogP contribution >= 0.6 is 11.6 Å². The predicted octanol–water partition coefficient (Wildman–Crippen LogP) is 4.84. The number of ether oxygens (including phenoxy) is 1. The van der Waals surface area contributed by atoms with Gasteiger partial charge in [-0.1, -0.05) is 17.7 Å². The molecule has 0 amide bonds. The Morgan fingerprint density at radius 1 is 1.04 bits per heavy atom. The van der Waals surface area contributed by atoms with Crippen LogP contribution in [0.1, 0.15) is 24.8 Å². The molecule has 0 bridgehead atoms. The van der Waals surface area contributed by atoms with E-state index in [0.29, 0.717) is 16.3 Å². The van der Waals surface area contributed by atoms with Crippen molar-refractivity contribution >= 4 is 38.2 Å². The third-order valence-electron chi connectivity index (χ3n) is 5.34. The fourth-order valence-corrected chi connectivity index (χ4v) is 5.46. The minimum atomic E-state index is -3.77. The van der Waals surface area contributed by atoms with E-state index in [-0.39, 0.29) is 4.90 Å². The van der Waals surface area contributed by atoms with Gasteiger partial charge in [-0.15, -0.1) is 0 Å². The van der Waals surface area contributed by atoms with Gasteiger partial charge in [0.1, 0.15) is 5.75 Å². The number of anilines is 1.